The Hall–Kier alpha value is -1.53. The van der Waals surface area contributed by atoms with Crippen LogP contribution in [-0.2, 0) is 38.0 Å². The zero-order chi connectivity index (χ0) is 38.6. The number of carbonyl (C=O) groups excluding carboxylic acids is 1. The maximum Gasteiger partial charge on any atom is 0.303 e. The minimum absolute atomic E-state index is 0.00816. The summed E-state index contributed by atoms with van der Waals surface area (Å²) in [5.74, 6) is -0.532. The first-order valence-electron chi connectivity index (χ1n) is 20.0. The van der Waals surface area contributed by atoms with Gasteiger partial charge in [-0.2, -0.15) is 0 Å². The van der Waals surface area contributed by atoms with E-state index in [1.807, 2.05) is 0 Å². The molecule has 0 radical (unpaired) electrons. The zero-order valence-corrected chi connectivity index (χ0v) is 32.0. The van der Waals surface area contributed by atoms with Crippen LogP contribution in [0.1, 0.15) is 79.6 Å². The lowest BCUT2D eigenvalue weighted by molar-refractivity contribution is -0.363. The Balaban J connectivity index is 1.03. The Labute approximate surface area is 316 Å². The van der Waals surface area contributed by atoms with Crippen LogP contribution in [0.2, 0.25) is 0 Å². The predicted octanol–water partition coefficient (Wildman–Crippen LogP) is 1.46. The van der Waals surface area contributed by atoms with E-state index in [9.17, 15) is 35.4 Å². The fraction of sp³-hybridized carbons (Fsp3) is 0.875. The molecule has 4 heterocycles. The number of esters is 1. The highest BCUT2D eigenvalue weighted by Crippen LogP contribution is 2.71. The van der Waals surface area contributed by atoms with Crippen LogP contribution in [0.25, 0.3) is 0 Å². The van der Waals surface area contributed by atoms with Crippen molar-refractivity contribution in [2.24, 2.45) is 40.4 Å². The maximum atomic E-state index is 11.6. The molecule has 21 unspecified atom stereocenters. The third-order valence-corrected chi connectivity index (χ3v) is 15.3. The molecule has 4 aliphatic carbocycles. The Morgan fingerprint density at radius 3 is 2.43 bits per heavy atom. The van der Waals surface area contributed by atoms with Crippen molar-refractivity contribution in [3.8, 4) is 0 Å². The minimum Gasteiger partial charge on any atom is -0.457 e. The fourth-order valence-electron chi connectivity index (χ4n) is 12.7. The molecule has 4 aliphatic heterocycles. The van der Waals surface area contributed by atoms with E-state index < -0.39 is 90.8 Å². The molecule has 6 N–H and O–H groups in total. The largest absolute Gasteiger partial charge is 0.457 e. The van der Waals surface area contributed by atoms with Gasteiger partial charge in [0.2, 0.25) is 0 Å². The van der Waals surface area contributed by atoms with Crippen molar-refractivity contribution in [3.63, 3.8) is 0 Å². The molecule has 7 fully saturated rings. The SMILES string of the molecule is C=C1COC2(OC3CC4C5CC=C6CC(O)CC(OC7OCC(O)C(O)C7OC7OC(C)C(OC(C)=O)C(O)C7O)C6(C)C5CCC4(C)C3C2C)C(O)C1. The molecule has 3 saturated carbocycles. The number of carbonyl (C=O) groups is 1. The molecule has 8 rings (SSSR count). The molecular formula is C40H60O14. The molecule has 54 heavy (non-hydrogen) atoms. The lowest BCUT2D eigenvalue weighted by Gasteiger charge is -2.60. The highest BCUT2D eigenvalue weighted by atomic mass is 16.8. The number of aliphatic hydroxyl groups is 6. The lowest BCUT2D eigenvalue weighted by atomic mass is 9.46. The monoisotopic (exact) mass is 764 g/mol. The Morgan fingerprint density at radius 2 is 1.70 bits per heavy atom. The third-order valence-electron chi connectivity index (χ3n) is 15.3. The highest BCUT2D eigenvalue weighted by Gasteiger charge is 2.71. The summed E-state index contributed by atoms with van der Waals surface area (Å²) in [4.78, 5) is 11.6. The molecule has 14 nitrogen and oxygen atoms in total. The fourth-order valence-corrected chi connectivity index (χ4v) is 12.7. The van der Waals surface area contributed by atoms with Crippen molar-refractivity contribution in [1.29, 1.82) is 0 Å². The van der Waals surface area contributed by atoms with Gasteiger partial charge >= 0.3 is 5.97 Å². The van der Waals surface area contributed by atoms with Crippen LogP contribution >= 0.6 is 0 Å². The minimum atomic E-state index is -1.66. The normalized spacial score (nSPS) is 55.7. The Morgan fingerprint density at radius 1 is 0.944 bits per heavy atom. The Bertz CT molecular complexity index is 1490. The molecule has 4 saturated heterocycles. The molecule has 0 amide bonds. The molecule has 0 aromatic rings. The van der Waals surface area contributed by atoms with Crippen molar-refractivity contribution in [3.05, 3.63) is 23.8 Å². The van der Waals surface area contributed by atoms with Gasteiger partial charge in [-0.3, -0.25) is 4.79 Å². The summed E-state index contributed by atoms with van der Waals surface area (Å²) in [6, 6.07) is 0. The average molecular weight is 765 g/mol. The van der Waals surface area contributed by atoms with Gasteiger partial charge < -0.3 is 63.8 Å². The van der Waals surface area contributed by atoms with Crippen molar-refractivity contribution >= 4 is 5.97 Å². The summed E-state index contributed by atoms with van der Waals surface area (Å²) in [7, 11) is 0. The molecule has 14 heteroatoms. The van der Waals surface area contributed by atoms with Crippen molar-refractivity contribution in [2.75, 3.05) is 13.2 Å². The number of aliphatic hydroxyl groups excluding tert-OH is 6. The summed E-state index contributed by atoms with van der Waals surface area (Å²) >= 11 is 0. The molecule has 0 aromatic carbocycles. The van der Waals surface area contributed by atoms with Crippen molar-refractivity contribution < 1.29 is 68.6 Å². The average Bonchev–Trinajstić information content (AvgIpc) is 3.57. The van der Waals surface area contributed by atoms with E-state index in [1.54, 1.807) is 6.92 Å². The number of allylic oxidation sites excluding steroid dienone is 1. The summed E-state index contributed by atoms with van der Waals surface area (Å²) in [5, 5.41) is 66.1. The second kappa shape index (κ2) is 14.1. The van der Waals surface area contributed by atoms with E-state index >= 15 is 0 Å². The summed E-state index contributed by atoms with van der Waals surface area (Å²) in [5.41, 5.74) is 1.50. The van der Waals surface area contributed by atoms with Crippen LogP contribution in [0.3, 0.4) is 0 Å². The highest BCUT2D eigenvalue weighted by molar-refractivity contribution is 5.66. The number of hydrogen-bond donors (Lipinski definition) is 6. The van der Waals surface area contributed by atoms with Gasteiger partial charge in [0.25, 0.3) is 0 Å². The van der Waals surface area contributed by atoms with Gasteiger partial charge in [0.1, 0.15) is 36.6 Å². The number of rotatable bonds is 5. The summed E-state index contributed by atoms with van der Waals surface area (Å²) < 4.78 is 43.0. The van der Waals surface area contributed by atoms with Crippen LogP contribution in [0.15, 0.2) is 23.8 Å². The summed E-state index contributed by atoms with van der Waals surface area (Å²) in [6.45, 7) is 13.8. The second-order valence-corrected chi connectivity index (χ2v) is 18.2. The molecule has 304 valence electrons. The molecule has 0 aromatic heterocycles. The topological polar surface area (TPSA) is 203 Å². The van der Waals surface area contributed by atoms with Gasteiger partial charge in [-0.15, -0.1) is 0 Å². The number of hydrogen-bond acceptors (Lipinski definition) is 14. The second-order valence-electron chi connectivity index (χ2n) is 18.2. The smallest absolute Gasteiger partial charge is 0.303 e. The quantitative estimate of drug-likeness (QED) is 0.174. The van der Waals surface area contributed by atoms with E-state index in [2.05, 4.69) is 33.4 Å². The van der Waals surface area contributed by atoms with Gasteiger partial charge in [0, 0.05) is 31.1 Å². The van der Waals surface area contributed by atoms with Gasteiger partial charge in [-0.05, 0) is 73.7 Å². The Kier molecular flexibility index (Phi) is 10.3. The van der Waals surface area contributed by atoms with Crippen molar-refractivity contribution in [2.45, 2.75) is 165 Å². The lowest BCUT2D eigenvalue weighted by Crippen LogP contribution is -2.63. The van der Waals surface area contributed by atoms with Crippen LogP contribution in [0.5, 0.6) is 0 Å². The molecular weight excluding hydrogens is 704 g/mol. The number of ether oxygens (including phenoxy) is 7. The van der Waals surface area contributed by atoms with E-state index in [1.165, 1.54) is 6.92 Å². The van der Waals surface area contributed by atoms with E-state index in [4.69, 9.17) is 33.2 Å². The first kappa shape index (κ1) is 39.3. The standard InChI is InChI=1S/C40H60O14/c1-17-11-28(44)40(49-15-17)18(2)30-27(54-40)14-25-23-8-7-21-12-22(42)13-29(39(21,6)24(23)9-10-38(25,30)5)52-37-35(31(45)26(43)16-48-37)53-36-33(47)32(46)34(19(3)50-36)51-20(4)41/h7,18-19,22-37,42-47H,1,8-16H2,2-6H3. The van der Waals surface area contributed by atoms with Crippen molar-refractivity contribution in [1.82, 2.24) is 0 Å². The van der Waals surface area contributed by atoms with Crippen LogP contribution in [0.4, 0.5) is 0 Å². The first-order chi connectivity index (χ1) is 25.5. The van der Waals surface area contributed by atoms with Gasteiger partial charge in [0.05, 0.1) is 37.6 Å². The van der Waals surface area contributed by atoms with Gasteiger partial charge in [-0.1, -0.05) is 39.0 Å². The molecule has 21 atom stereocenters. The van der Waals surface area contributed by atoms with E-state index in [0.29, 0.717) is 37.7 Å². The molecule has 0 bridgehead atoms. The molecule has 1 spiro atoms. The zero-order valence-electron chi connectivity index (χ0n) is 32.0. The van der Waals surface area contributed by atoms with Crippen LogP contribution < -0.4 is 0 Å². The van der Waals surface area contributed by atoms with Crippen LogP contribution in [-0.4, -0.2) is 135 Å². The van der Waals surface area contributed by atoms with Gasteiger partial charge in [-0.25, -0.2) is 0 Å². The maximum absolute atomic E-state index is 11.6. The first-order valence-corrected chi connectivity index (χ1v) is 20.0. The number of fused-ring (bicyclic) bond motifs is 7. The third kappa shape index (κ3) is 6.00. The van der Waals surface area contributed by atoms with Crippen LogP contribution in [0, 0.1) is 40.4 Å². The van der Waals surface area contributed by atoms with Gasteiger partial charge in [0.15, 0.2) is 24.5 Å². The molecule has 8 aliphatic rings. The van der Waals surface area contributed by atoms with E-state index in [-0.39, 0.29) is 35.9 Å². The summed E-state index contributed by atoms with van der Waals surface area (Å²) in [6.07, 6.45) is -6.75. The predicted molar refractivity (Wildman–Crippen MR) is 188 cm³/mol. The van der Waals surface area contributed by atoms with E-state index in [0.717, 1.165) is 36.8 Å².